The zero-order valence-corrected chi connectivity index (χ0v) is 26.6. The molecule has 0 saturated carbocycles. The third-order valence-electron chi connectivity index (χ3n) is 8.96. The van der Waals surface area contributed by atoms with Crippen LogP contribution in [0.5, 0.6) is 0 Å². The lowest BCUT2D eigenvalue weighted by molar-refractivity contribution is 0.204. The van der Waals surface area contributed by atoms with Crippen LogP contribution in [0.1, 0.15) is 47.3 Å². The fourth-order valence-corrected chi connectivity index (χ4v) is 6.60. The number of hydrogen-bond donors (Lipinski definition) is 0. The number of aromatic nitrogens is 7. The van der Waals surface area contributed by atoms with E-state index in [-0.39, 0.29) is 0 Å². The molecule has 0 spiro atoms. The monoisotopic (exact) mass is 644 g/mol. The molecular formula is C35H36N10O3. The molecule has 0 aliphatic carbocycles. The fourth-order valence-electron chi connectivity index (χ4n) is 6.60. The van der Waals surface area contributed by atoms with Gasteiger partial charge in [0.25, 0.3) is 0 Å². The third-order valence-corrected chi connectivity index (χ3v) is 8.96. The van der Waals surface area contributed by atoms with Gasteiger partial charge in [-0.3, -0.25) is 19.7 Å². The Morgan fingerprint density at radius 1 is 0.438 bits per heavy atom. The highest BCUT2D eigenvalue weighted by atomic mass is 16.6. The molecule has 7 aromatic rings. The van der Waals surface area contributed by atoms with Gasteiger partial charge in [-0.15, -0.1) is 0 Å². The lowest BCUT2D eigenvalue weighted by Gasteiger charge is -2.26. The lowest BCUT2D eigenvalue weighted by atomic mass is 10.1. The molecule has 2 bridgehead atoms. The van der Waals surface area contributed by atoms with E-state index in [0.717, 1.165) is 123 Å². The van der Waals surface area contributed by atoms with Crippen LogP contribution in [-0.4, -0.2) is 76.8 Å². The highest BCUT2D eigenvalue weighted by Gasteiger charge is 2.16. The van der Waals surface area contributed by atoms with Gasteiger partial charge in [-0.05, 0) is 135 Å². The Hall–Kier alpha value is -5.11. The Morgan fingerprint density at radius 3 is 1.33 bits per heavy atom. The predicted molar refractivity (Wildman–Crippen MR) is 177 cm³/mol. The van der Waals surface area contributed by atoms with Crippen LogP contribution >= 0.6 is 0 Å². The summed E-state index contributed by atoms with van der Waals surface area (Å²) in [5, 5.41) is 24.1. The molecule has 13 nitrogen and oxygen atoms in total. The maximum Gasteiger partial charge on any atom is 0.135 e. The summed E-state index contributed by atoms with van der Waals surface area (Å²) in [4.78, 5) is 12.7. The summed E-state index contributed by atoms with van der Waals surface area (Å²) in [6.45, 7) is 7.76. The van der Waals surface area contributed by atoms with E-state index in [9.17, 15) is 0 Å². The standard InChI is InChI=1S/C35H36N10O3/c1-2-14-44(21-26-8-11-31-34(18-26)41-47-38-31)23-28-5-3-6-29(36-28)24-45(22-27-9-12-32-35(19-27)42-48-39-32)16-4-15-43(13-1)20-25-7-10-30-33(17-25)40-46-37-30/h3,5-12,17-19H,1-2,4,13-16,20-24H2. The van der Waals surface area contributed by atoms with E-state index >= 15 is 0 Å². The molecule has 0 amide bonds. The smallest absolute Gasteiger partial charge is 0.135 e. The Labute approximate surface area is 276 Å². The van der Waals surface area contributed by atoms with Gasteiger partial charge in [0.15, 0.2) is 0 Å². The molecule has 0 radical (unpaired) electrons. The van der Waals surface area contributed by atoms with Gasteiger partial charge in [0.2, 0.25) is 0 Å². The van der Waals surface area contributed by atoms with Crippen molar-refractivity contribution in [1.29, 1.82) is 0 Å². The zero-order valence-electron chi connectivity index (χ0n) is 26.6. The predicted octanol–water partition coefficient (Wildman–Crippen LogP) is 5.38. The van der Waals surface area contributed by atoms with Crippen molar-refractivity contribution < 1.29 is 13.9 Å². The largest absolute Gasteiger partial charge is 0.299 e. The topological polar surface area (TPSA) is 139 Å². The van der Waals surface area contributed by atoms with E-state index in [4.69, 9.17) is 18.9 Å². The maximum atomic E-state index is 5.15. The Morgan fingerprint density at radius 2 is 0.833 bits per heavy atom. The van der Waals surface area contributed by atoms with Crippen LogP contribution in [0.15, 0.2) is 86.7 Å². The minimum absolute atomic E-state index is 0.745. The summed E-state index contributed by atoms with van der Waals surface area (Å²) in [6.07, 6.45) is 3.17. The van der Waals surface area contributed by atoms with Gasteiger partial charge in [-0.2, -0.15) is 0 Å². The summed E-state index contributed by atoms with van der Waals surface area (Å²) in [7, 11) is 0. The molecule has 0 unspecified atom stereocenters. The lowest BCUT2D eigenvalue weighted by Crippen LogP contribution is -2.30. The van der Waals surface area contributed by atoms with Crippen molar-refractivity contribution in [2.45, 2.75) is 52.0 Å². The number of benzene rings is 3. The molecule has 0 atom stereocenters. The Balaban J connectivity index is 1.04. The first-order valence-corrected chi connectivity index (χ1v) is 16.5. The molecule has 244 valence electrons. The SMILES string of the molecule is c1cc2nc(c1)CN(Cc1ccc3nonc3c1)CCCN(Cc1ccc3nonc3c1)CCCCN(Cc1ccc3nonc3c1)C2. The highest BCUT2D eigenvalue weighted by Crippen LogP contribution is 2.20. The first kappa shape index (κ1) is 30.2. The molecule has 8 rings (SSSR count). The van der Waals surface area contributed by atoms with E-state index < -0.39 is 0 Å². The summed E-state index contributed by atoms with van der Waals surface area (Å²) in [6, 6.07) is 24.9. The van der Waals surface area contributed by atoms with Crippen molar-refractivity contribution in [2.24, 2.45) is 0 Å². The van der Waals surface area contributed by atoms with Crippen LogP contribution in [0.4, 0.5) is 0 Å². The van der Waals surface area contributed by atoms with Crippen molar-refractivity contribution in [3.8, 4) is 0 Å². The van der Waals surface area contributed by atoms with Gasteiger partial charge >= 0.3 is 0 Å². The third kappa shape index (κ3) is 7.23. The van der Waals surface area contributed by atoms with Crippen LogP contribution in [0, 0.1) is 0 Å². The molecule has 4 aromatic heterocycles. The summed E-state index contributed by atoms with van der Waals surface area (Å²) < 4.78 is 14.8. The van der Waals surface area contributed by atoms with Gasteiger partial charge in [0, 0.05) is 39.3 Å². The van der Waals surface area contributed by atoms with E-state index in [1.807, 2.05) is 18.2 Å². The minimum atomic E-state index is 0.745. The van der Waals surface area contributed by atoms with Gasteiger partial charge in [0.05, 0.1) is 11.4 Å². The molecule has 13 heteroatoms. The first-order valence-electron chi connectivity index (χ1n) is 16.5. The van der Waals surface area contributed by atoms with Crippen molar-refractivity contribution in [3.63, 3.8) is 0 Å². The van der Waals surface area contributed by atoms with Crippen LogP contribution < -0.4 is 0 Å². The van der Waals surface area contributed by atoms with Crippen LogP contribution in [0.25, 0.3) is 33.1 Å². The molecule has 0 fully saturated rings. The summed E-state index contributed by atoms with van der Waals surface area (Å²) in [5.41, 5.74) is 10.4. The Bertz CT molecular complexity index is 2120. The van der Waals surface area contributed by atoms with E-state index in [1.54, 1.807) is 0 Å². The number of rotatable bonds is 6. The van der Waals surface area contributed by atoms with E-state index in [0.29, 0.717) is 0 Å². The van der Waals surface area contributed by atoms with Gasteiger partial charge in [0.1, 0.15) is 33.1 Å². The molecule has 1 aliphatic rings. The van der Waals surface area contributed by atoms with Crippen molar-refractivity contribution in [1.82, 2.24) is 50.6 Å². The summed E-state index contributed by atoms with van der Waals surface area (Å²) in [5.74, 6) is 0. The van der Waals surface area contributed by atoms with Crippen molar-refractivity contribution >= 4 is 33.1 Å². The fraction of sp³-hybridized carbons (Fsp3) is 0.343. The Kier molecular flexibility index (Phi) is 8.78. The van der Waals surface area contributed by atoms with Crippen LogP contribution in [0.3, 0.4) is 0 Å². The number of hydrogen-bond acceptors (Lipinski definition) is 13. The molecule has 1 aliphatic heterocycles. The maximum absolute atomic E-state index is 5.15. The second-order valence-electron chi connectivity index (χ2n) is 12.6. The average molecular weight is 645 g/mol. The number of nitrogens with zero attached hydrogens (tertiary/aromatic N) is 10. The quantitative estimate of drug-likeness (QED) is 0.229. The number of fused-ring (bicyclic) bond motifs is 5. The van der Waals surface area contributed by atoms with E-state index in [2.05, 4.69) is 100 Å². The first-order chi connectivity index (χ1) is 23.7. The van der Waals surface area contributed by atoms with Gasteiger partial charge in [-0.25, -0.2) is 13.9 Å². The van der Waals surface area contributed by atoms with Gasteiger partial charge < -0.3 is 0 Å². The second-order valence-corrected chi connectivity index (χ2v) is 12.6. The van der Waals surface area contributed by atoms with Crippen molar-refractivity contribution in [3.05, 3.63) is 101 Å². The second kappa shape index (κ2) is 13.9. The van der Waals surface area contributed by atoms with Crippen LogP contribution in [0.2, 0.25) is 0 Å². The highest BCUT2D eigenvalue weighted by molar-refractivity contribution is 5.74. The van der Waals surface area contributed by atoms with Crippen molar-refractivity contribution in [2.75, 3.05) is 26.2 Å². The molecular weight excluding hydrogens is 608 g/mol. The normalized spacial score (nSPS) is 16.4. The summed E-state index contributed by atoms with van der Waals surface area (Å²) >= 11 is 0. The average Bonchev–Trinajstić information content (AvgIpc) is 3.87. The molecule has 0 N–H and O–H groups in total. The minimum Gasteiger partial charge on any atom is -0.299 e. The molecule has 0 saturated heterocycles. The van der Waals surface area contributed by atoms with Gasteiger partial charge in [-0.1, -0.05) is 24.3 Å². The molecule has 5 heterocycles. The van der Waals surface area contributed by atoms with Crippen LogP contribution in [-0.2, 0) is 32.7 Å². The molecule has 48 heavy (non-hydrogen) atoms. The van der Waals surface area contributed by atoms with E-state index in [1.165, 1.54) is 16.7 Å². The molecule has 3 aromatic carbocycles. The number of pyridine rings is 1. The zero-order chi connectivity index (χ0) is 32.1.